The molecule has 2 rings (SSSR count). The molecule has 2 aromatic rings. The van der Waals surface area contributed by atoms with Crippen LogP contribution in [0.2, 0.25) is 10.0 Å². The van der Waals surface area contributed by atoms with E-state index in [0.717, 1.165) is 18.8 Å². The van der Waals surface area contributed by atoms with Gasteiger partial charge in [0.05, 0.1) is 5.02 Å². The Kier molecular flexibility index (Phi) is 5.04. The summed E-state index contributed by atoms with van der Waals surface area (Å²) in [6, 6.07) is 6.96. The smallest absolute Gasteiger partial charge is 0.224 e. The molecule has 1 aromatic heterocycles. The van der Waals surface area contributed by atoms with Crippen LogP contribution in [0.3, 0.4) is 0 Å². The summed E-state index contributed by atoms with van der Waals surface area (Å²) in [6.07, 6.45) is 0.721. The quantitative estimate of drug-likeness (QED) is 0.878. The van der Waals surface area contributed by atoms with Gasteiger partial charge in [-0.3, -0.25) is 0 Å². The van der Waals surface area contributed by atoms with Gasteiger partial charge in [0, 0.05) is 19.0 Å². The Morgan fingerprint density at radius 3 is 2.70 bits per heavy atom. The van der Waals surface area contributed by atoms with Crippen molar-refractivity contribution in [2.24, 2.45) is 0 Å². The van der Waals surface area contributed by atoms with E-state index in [4.69, 9.17) is 27.9 Å². The molecule has 0 bridgehead atoms. The van der Waals surface area contributed by atoms with Gasteiger partial charge in [-0.05, 0) is 19.1 Å². The summed E-state index contributed by atoms with van der Waals surface area (Å²) in [4.78, 5) is 8.69. The van der Waals surface area contributed by atoms with Crippen molar-refractivity contribution in [3.05, 3.63) is 40.1 Å². The molecule has 0 atom stereocenters. The molecule has 0 amide bonds. The van der Waals surface area contributed by atoms with Crippen LogP contribution < -0.4 is 10.1 Å². The second-order valence-corrected chi connectivity index (χ2v) is 4.83. The summed E-state index contributed by atoms with van der Waals surface area (Å²) < 4.78 is 5.71. The number of aromatic nitrogens is 2. The molecular weight excluding hydrogens is 297 g/mol. The van der Waals surface area contributed by atoms with E-state index in [1.54, 1.807) is 24.3 Å². The summed E-state index contributed by atoms with van der Waals surface area (Å²) in [7, 11) is 0. The molecule has 0 aliphatic rings. The number of aryl methyl sites for hydroxylation is 1. The van der Waals surface area contributed by atoms with Gasteiger partial charge in [-0.2, -0.15) is 4.98 Å². The summed E-state index contributed by atoms with van der Waals surface area (Å²) in [5.74, 6) is 2.35. The lowest BCUT2D eigenvalue weighted by molar-refractivity contribution is 0.459. The van der Waals surface area contributed by atoms with Gasteiger partial charge in [0.2, 0.25) is 5.88 Å². The van der Waals surface area contributed by atoms with Crippen LogP contribution >= 0.6 is 23.2 Å². The fourth-order valence-corrected chi connectivity index (χ4v) is 1.96. The topological polar surface area (TPSA) is 47.0 Å². The summed E-state index contributed by atoms with van der Waals surface area (Å²) >= 11 is 12.1. The lowest BCUT2D eigenvalue weighted by Crippen LogP contribution is -2.04. The van der Waals surface area contributed by atoms with E-state index in [0.29, 0.717) is 27.5 Å². The average molecular weight is 312 g/mol. The number of rotatable bonds is 5. The minimum atomic E-state index is 0.371. The van der Waals surface area contributed by atoms with Crippen molar-refractivity contribution in [1.82, 2.24) is 9.97 Å². The molecule has 6 heteroatoms. The molecule has 0 fully saturated rings. The van der Waals surface area contributed by atoms with Crippen LogP contribution in [0.5, 0.6) is 11.6 Å². The Balaban J connectivity index is 2.32. The lowest BCUT2D eigenvalue weighted by atomic mass is 10.3. The number of nitrogens with zero attached hydrogens (tertiary/aromatic N) is 2. The molecule has 106 valence electrons. The minimum Gasteiger partial charge on any atom is -0.437 e. The van der Waals surface area contributed by atoms with Crippen LogP contribution in [-0.2, 0) is 6.42 Å². The highest BCUT2D eigenvalue weighted by Gasteiger charge is 2.09. The third-order valence-corrected chi connectivity index (χ3v) is 3.36. The summed E-state index contributed by atoms with van der Waals surface area (Å²) in [5, 5.41) is 3.96. The number of hydrogen-bond acceptors (Lipinski definition) is 4. The van der Waals surface area contributed by atoms with Crippen LogP contribution in [0.1, 0.15) is 19.7 Å². The van der Waals surface area contributed by atoms with Crippen LogP contribution in [0.4, 0.5) is 5.82 Å². The first kappa shape index (κ1) is 14.9. The number of benzene rings is 1. The molecule has 0 unspecified atom stereocenters. The number of hydrogen-bond donors (Lipinski definition) is 1. The molecular formula is C14H15Cl2N3O. The van der Waals surface area contributed by atoms with E-state index < -0.39 is 0 Å². The Morgan fingerprint density at radius 2 is 2.00 bits per heavy atom. The number of ether oxygens (including phenoxy) is 1. The first-order valence-electron chi connectivity index (χ1n) is 6.37. The van der Waals surface area contributed by atoms with Crippen molar-refractivity contribution in [3.8, 4) is 11.6 Å². The van der Waals surface area contributed by atoms with Crippen molar-refractivity contribution >= 4 is 29.0 Å². The fraction of sp³-hybridized carbons (Fsp3) is 0.286. The van der Waals surface area contributed by atoms with E-state index in [2.05, 4.69) is 15.3 Å². The number of anilines is 1. The van der Waals surface area contributed by atoms with Crippen LogP contribution in [0.15, 0.2) is 24.3 Å². The highest BCUT2D eigenvalue weighted by Crippen LogP contribution is 2.34. The zero-order valence-corrected chi connectivity index (χ0v) is 12.8. The van der Waals surface area contributed by atoms with Gasteiger partial charge in [-0.25, -0.2) is 4.98 Å². The Hall–Kier alpha value is -1.52. The van der Waals surface area contributed by atoms with Crippen LogP contribution in [-0.4, -0.2) is 16.5 Å². The molecule has 0 aliphatic carbocycles. The van der Waals surface area contributed by atoms with Gasteiger partial charge in [-0.1, -0.05) is 36.2 Å². The van der Waals surface area contributed by atoms with Crippen molar-refractivity contribution in [2.75, 3.05) is 11.9 Å². The summed E-state index contributed by atoms with van der Waals surface area (Å²) in [5.41, 5.74) is 0. The Bertz CT molecular complexity index is 605. The first-order chi connectivity index (χ1) is 9.63. The van der Waals surface area contributed by atoms with Crippen LogP contribution in [0.25, 0.3) is 0 Å². The van der Waals surface area contributed by atoms with Gasteiger partial charge in [0.15, 0.2) is 0 Å². The maximum Gasteiger partial charge on any atom is 0.224 e. The van der Waals surface area contributed by atoms with Gasteiger partial charge in [0.1, 0.15) is 22.4 Å². The predicted molar refractivity (Wildman–Crippen MR) is 82.1 cm³/mol. The normalized spacial score (nSPS) is 10.4. The average Bonchev–Trinajstić information content (AvgIpc) is 2.44. The lowest BCUT2D eigenvalue weighted by Gasteiger charge is -2.10. The molecule has 0 spiro atoms. The van der Waals surface area contributed by atoms with Crippen molar-refractivity contribution in [1.29, 1.82) is 0 Å². The molecule has 4 nitrogen and oxygen atoms in total. The van der Waals surface area contributed by atoms with Crippen LogP contribution in [0, 0.1) is 0 Å². The van der Waals surface area contributed by atoms with E-state index in [9.17, 15) is 0 Å². The zero-order chi connectivity index (χ0) is 14.5. The zero-order valence-electron chi connectivity index (χ0n) is 11.3. The third kappa shape index (κ3) is 3.52. The predicted octanol–water partition coefficient (Wildman–Crippen LogP) is 4.57. The molecule has 1 N–H and O–H groups in total. The molecule has 0 radical (unpaired) electrons. The molecule has 0 aliphatic heterocycles. The number of nitrogens with one attached hydrogen (secondary N) is 1. The van der Waals surface area contributed by atoms with Crippen molar-refractivity contribution in [3.63, 3.8) is 0 Å². The largest absolute Gasteiger partial charge is 0.437 e. The van der Waals surface area contributed by atoms with Gasteiger partial charge >= 0.3 is 0 Å². The third-order valence-electron chi connectivity index (χ3n) is 2.55. The standard InChI is InChI=1S/C14H15Cl2N3O/c1-3-11-18-12(17-4-2)8-13(19-11)20-10-7-5-6-9(15)14(10)16/h5-8H,3-4H2,1-2H3,(H,17,18,19). The van der Waals surface area contributed by atoms with E-state index in [1.165, 1.54) is 0 Å². The van der Waals surface area contributed by atoms with Gasteiger partial charge in [-0.15, -0.1) is 0 Å². The Labute approximate surface area is 128 Å². The monoisotopic (exact) mass is 311 g/mol. The van der Waals surface area contributed by atoms with E-state index in [1.807, 2.05) is 13.8 Å². The van der Waals surface area contributed by atoms with Gasteiger partial charge < -0.3 is 10.1 Å². The minimum absolute atomic E-state index is 0.371. The molecule has 20 heavy (non-hydrogen) atoms. The molecule has 1 heterocycles. The molecule has 1 aromatic carbocycles. The SMILES string of the molecule is CCNc1cc(Oc2cccc(Cl)c2Cl)nc(CC)n1. The second kappa shape index (κ2) is 6.77. The number of halogens is 2. The molecule has 0 saturated carbocycles. The fourth-order valence-electron chi connectivity index (χ4n) is 1.63. The van der Waals surface area contributed by atoms with E-state index in [-0.39, 0.29) is 0 Å². The highest BCUT2D eigenvalue weighted by atomic mass is 35.5. The van der Waals surface area contributed by atoms with Crippen molar-refractivity contribution in [2.45, 2.75) is 20.3 Å². The maximum atomic E-state index is 6.10. The molecule has 0 saturated heterocycles. The maximum absolute atomic E-state index is 6.10. The first-order valence-corrected chi connectivity index (χ1v) is 7.13. The second-order valence-electron chi connectivity index (χ2n) is 4.05. The van der Waals surface area contributed by atoms with E-state index >= 15 is 0 Å². The highest BCUT2D eigenvalue weighted by molar-refractivity contribution is 6.42. The Morgan fingerprint density at radius 1 is 1.20 bits per heavy atom. The van der Waals surface area contributed by atoms with Gasteiger partial charge in [0.25, 0.3) is 0 Å². The van der Waals surface area contributed by atoms with Crippen molar-refractivity contribution < 1.29 is 4.74 Å². The summed E-state index contributed by atoms with van der Waals surface area (Å²) in [6.45, 7) is 4.76.